The fourth-order valence-electron chi connectivity index (χ4n) is 2.34. The summed E-state index contributed by atoms with van der Waals surface area (Å²) in [5, 5.41) is 0. The van der Waals surface area contributed by atoms with E-state index in [4.69, 9.17) is 10.5 Å². The number of aryl methyl sites for hydroxylation is 1. The summed E-state index contributed by atoms with van der Waals surface area (Å²) in [4.78, 5) is 16.9. The van der Waals surface area contributed by atoms with Crippen molar-refractivity contribution >= 4 is 17.0 Å². The molecule has 0 spiro atoms. The SMILES string of the molecule is CCn1c(Cc2nc(N)nc(OC)n2)nc2ccccc21. The highest BCUT2D eigenvalue weighted by atomic mass is 16.5. The maximum absolute atomic E-state index is 5.66. The van der Waals surface area contributed by atoms with Crippen LogP contribution >= 0.6 is 0 Å². The topological polar surface area (TPSA) is 91.7 Å². The number of nitrogens with two attached hydrogens (primary N) is 1. The first-order chi connectivity index (χ1) is 10.2. The summed E-state index contributed by atoms with van der Waals surface area (Å²) in [7, 11) is 1.50. The average Bonchev–Trinajstić information content (AvgIpc) is 2.83. The monoisotopic (exact) mass is 284 g/mol. The van der Waals surface area contributed by atoms with Crippen molar-refractivity contribution in [3.8, 4) is 6.01 Å². The molecule has 0 radical (unpaired) electrons. The number of nitrogen functional groups attached to an aromatic ring is 1. The molecule has 2 aromatic heterocycles. The normalized spacial score (nSPS) is 11.0. The Bertz CT molecular complexity index is 782. The van der Waals surface area contributed by atoms with Crippen molar-refractivity contribution in [3.63, 3.8) is 0 Å². The quantitative estimate of drug-likeness (QED) is 0.779. The largest absolute Gasteiger partial charge is 0.467 e. The molecule has 21 heavy (non-hydrogen) atoms. The van der Waals surface area contributed by atoms with Crippen molar-refractivity contribution < 1.29 is 4.74 Å². The number of hydrogen-bond acceptors (Lipinski definition) is 6. The molecule has 3 aromatic rings. The zero-order valence-corrected chi connectivity index (χ0v) is 11.9. The summed E-state index contributed by atoms with van der Waals surface area (Å²) < 4.78 is 7.16. The molecule has 2 heterocycles. The van der Waals surface area contributed by atoms with Gasteiger partial charge in [-0.1, -0.05) is 12.1 Å². The summed E-state index contributed by atoms with van der Waals surface area (Å²) >= 11 is 0. The summed E-state index contributed by atoms with van der Waals surface area (Å²) in [6.07, 6.45) is 0.478. The molecule has 108 valence electrons. The number of methoxy groups -OCH3 is 1. The molecule has 0 unspecified atom stereocenters. The lowest BCUT2D eigenvalue weighted by Crippen LogP contribution is -2.09. The maximum Gasteiger partial charge on any atom is 0.321 e. The van der Waals surface area contributed by atoms with Crippen LogP contribution in [0.2, 0.25) is 0 Å². The van der Waals surface area contributed by atoms with Crippen LogP contribution in [-0.4, -0.2) is 31.6 Å². The predicted octanol–water partition coefficient (Wildman–Crippen LogP) is 1.42. The standard InChI is InChI=1S/C14H16N6O/c1-3-20-10-7-5-4-6-9(10)16-12(20)8-11-17-13(15)19-14(18-11)21-2/h4-7H,3,8H2,1-2H3,(H2,15,17,18,19). The van der Waals surface area contributed by atoms with Crippen LogP contribution in [0.3, 0.4) is 0 Å². The van der Waals surface area contributed by atoms with E-state index in [2.05, 4.69) is 37.5 Å². The number of nitrogens with zero attached hydrogens (tertiary/aromatic N) is 5. The number of fused-ring (bicyclic) bond motifs is 1. The van der Waals surface area contributed by atoms with Gasteiger partial charge in [0.1, 0.15) is 11.6 Å². The molecular formula is C14H16N6O. The van der Waals surface area contributed by atoms with E-state index in [0.29, 0.717) is 12.2 Å². The molecule has 3 rings (SSSR count). The van der Waals surface area contributed by atoms with Gasteiger partial charge in [0, 0.05) is 6.54 Å². The Hall–Kier alpha value is -2.70. The van der Waals surface area contributed by atoms with Gasteiger partial charge in [-0.3, -0.25) is 0 Å². The fraction of sp³-hybridized carbons (Fsp3) is 0.286. The molecule has 0 saturated carbocycles. The second kappa shape index (κ2) is 5.35. The van der Waals surface area contributed by atoms with E-state index in [-0.39, 0.29) is 12.0 Å². The first-order valence-electron chi connectivity index (χ1n) is 6.69. The summed E-state index contributed by atoms with van der Waals surface area (Å²) in [5.41, 5.74) is 7.73. The minimum Gasteiger partial charge on any atom is -0.467 e. The molecule has 0 aliphatic carbocycles. The van der Waals surface area contributed by atoms with Gasteiger partial charge in [-0.2, -0.15) is 15.0 Å². The van der Waals surface area contributed by atoms with Gasteiger partial charge < -0.3 is 15.0 Å². The number of imidazole rings is 1. The summed E-state index contributed by atoms with van der Waals surface area (Å²) in [6, 6.07) is 8.24. The predicted molar refractivity (Wildman–Crippen MR) is 79.0 cm³/mol. The van der Waals surface area contributed by atoms with Gasteiger partial charge in [0.15, 0.2) is 0 Å². The number of aromatic nitrogens is 5. The van der Waals surface area contributed by atoms with Crippen LogP contribution in [0.4, 0.5) is 5.95 Å². The first-order valence-corrected chi connectivity index (χ1v) is 6.69. The molecule has 0 atom stereocenters. The van der Waals surface area contributed by atoms with Gasteiger partial charge in [-0.15, -0.1) is 0 Å². The Morgan fingerprint density at radius 2 is 1.95 bits per heavy atom. The summed E-state index contributed by atoms with van der Waals surface area (Å²) in [6.45, 7) is 2.91. The van der Waals surface area contributed by atoms with Crippen LogP contribution in [0.25, 0.3) is 11.0 Å². The van der Waals surface area contributed by atoms with Gasteiger partial charge in [-0.05, 0) is 19.1 Å². The number of benzene rings is 1. The van der Waals surface area contributed by atoms with Crippen LogP contribution < -0.4 is 10.5 Å². The maximum atomic E-state index is 5.66. The molecule has 0 aliphatic heterocycles. The summed E-state index contributed by atoms with van der Waals surface area (Å²) in [5.74, 6) is 1.59. The Morgan fingerprint density at radius 3 is 2.71 bits per heavy atom. The fourth-order valence-corrected chi connectivity index (χ4v) is 2.34. The van der Waals surface area contributed by atoms with E-state index in [1.165, 1.54) is 7.11 Å². The molecule has 0 aliphatic rings. The lowest BCUT2D eigenvalue weighted by molar-refractivity contribution is 0.377. The molecule has 2 N–H and O–H groups in total. The van der Waals surface area contributed by atoms with Crippen molar-refractivity contribution in [2.24, 2.45) is 0 Å². The molecule has 7 heteroatoms. The number of rotatable bonds is 4. The van der Waals surface area contributed by atoms with Crippen molar-refractivity contribution in [2.75, 3.05) is 12.8 Å². The van der Waals surface area contributed by atoms with E-state index in [0.717, 1.165) is 23.4 Å². The van der Waals surface area contributed by atoms with E-state index >= 15 is 0 Å². The lowest BCUT2D eigenvalue weighted by atomic mass is 10.3. The third-order valence-electron chi connectivity index (χ3n) is 3.23. The highest BCUT2D eigenvalue weighted by molar-refractivity contribution is 5.75. The minimum atomic E-state index is 0.149. The number of anilines is 1. The molecule has 0 fully saturated rings. The highest BCUT2D eigenvalue weighted by Gasteiger charge is 2.12. The minimum absolute atomic E-state index is 0.149. The lowest BCUT2D eigenvalue weighted by Gasteiger charge is -2.06. The van der Waals surface area contributed by atoms with Crippen molar-refractivity contribution in [3.05, 3.63) is 35.9 Å². The number of para-hydroxylation sites is 2. The van der Waals surface area contributed by atoms with Gasteiger partial charge in [0.2, 0.25) is 5.95 Å². The molecular weight excluding hydrogens is 268 g/mol. The van der Waals surface area contributed by atoms with Crippen LogP contribution in [0.15, 0.2) is 24.3 Å². The Balaban J connectivity index is 2.03. The molecule has 0 saturated heterocycles. The molecule has 7 nitrogen and oxygen atoms in total. The number of ether oxygens (including phenoxy) is 1. The van der Waals surface area contributed by atoms with Crippen molar-refractivity contribution in [2.45, 2.75) is 19.9 Å². The van der Waals surface area contributed by atoms with Gasteiger partial charge in [0.05, 0.1) is 24.6 Å². The zero-order valence-electron chi connectivity index (χ0n) is 11.9. The third kappa shape index (κ3) is 2.49. The molecule has 0 amide bonds. The second-order valence-electron chi connectivity index (χ2n) is 4.53. The van der Waals surface area contributed by atoms with Crippen LogP contribution in [-0.2, 0) is 13.0 Å². The average molecular weight is 284 g/mol. The molecule has 1 aromatic carbocycles. The number of hydrogen-bond donors (Lipinski definition) is 1. The Morgan fingerprint density at radius 1 is 1.14 bits per heavy atom. The van der Waals surface area contributed by atoms with Gasteiger partial charge >= 0.3 is 6.01 Å². The van der Waals surface area contributed by atoms with E-state index in [9.17, 15) is 0 Å². The van der Waals surface area contributed by atoms with Gasteiger partial charge in [0.25, 0.3) is 0 Å². The highest BCUT2D eigenvalue weighted by Crippen LogP contribution is 2.18. The van der Waals surface area contributed by atoms with Crippen LogP contribution in [0, 0.1) is 0 Å². The van der Waals surface area contributed by atoms with Crippen LogP contribution in [0.5, 0.6) is 6.01 Å². The smallest absolute Gasteiger partial charge is 0.321 e. The van der Waals surface area contributed by atoms with E-state index in [1.54, 1.807) is 0 Å². The zero-order chi connectivity index (χ0) is 14.8. The van der Waals surface area contributed by atoms with Gasteiger partial charge in [-0.25, -0.2) is 4.98 Å². The van der Waals surface area contributed by atoms with Crippen molar-refractivity contribution in [1.82, 2.24) is 24.5 Å². The second-order valence-corrected chi connectivity index (χ2v) is 4.53. The van der Waals surface area contributed by atoms with E-state index < -0.39 is 0 Å². The third-order valence-corrected chi connectivity index (χ3v) is 3.23. The Kier molecular flexibility index (Phi) is 3.39. The first kappa shape index (κ1) is 13.3. The van der Waals surface area contributed by atoms with Crippen molar-refractivity contribution in [1.29, 1.82) is 0 Å². The van der Waals surface area contributed by atoms with Crippen LogP contribution in [0.1, 0.15) is 18.6 Å². The Labute approximate surface area is 121 Å². The van der Waals surface area contributed by atoms with E-state index in [1.807, 2.05) is 18.2 Å². The molecule has 0 bridgehead atoms.